The Bertz CT molecular complexity index is 827. The number of pyridine rings is 1. The van der Waals surface area contributed by atoms with E-state index >= 15 is 0 Å². The minimum atomic E-state index is 0.631. The average molecular weight is 355 g/mol. The summed E-state index contributed by atoms with van der Waals surface area (Å²) < 4.78 is 1.86. The van der Waals surface area contributed by atoms with Gasteiger partial charge in [0, 0.05) is 43.8 Å². The van der Waals surface area contributed by atoms with Crippen molar-refractivity contribution in [1.82, 2.24) is 25.2 Å². The maximum atomic E-state index is 6.00. The van der Waals surface area contributed by atoms with E-state index in [9.17, 15) is 0 Å². The van der Waals surface area contributed by atoms with Crippen LogP contribution in [0.25, 0.3) is 5.82 Å². The molecule has 7 heteroatoms. The van der Waals surface area contributed by atoms with Crippen molar-refractivity contribution in [2.75, 3.05) is 7.05 Å². The Morgan fingerprint density at radius 2 is 2.00 bits per heavy atom. The topological polar surface area (TPSA) is 67.1 Å². The van der Waals surface area contributed by atoms with Gasteiger partial charge in [0.05, 0.1) is 0 Å². The highest BCUT2D eigenvalue weighted by Crippen LogP contribution is 2.10. The molecular weight excluding hydrogens is 336 g/mol. The first-order chi connectivity index (χ1) is 12.2. The Morgan fingerprint density at radius 1 is 1.16 bits per heavy atom. The smallest absolute Gasteiger partial charge is 0.191 e. The molecule has 0 radical (unpaired) electrons. The van der Waals surface area contributed by atoms with Gasteiger partial charge in [0.15, 0.2) is 5.96 Å². The highest BCUT2D eigenvalue weighted by atomic mass is 35.5. The Kier molecular flexibility index (Phi) is 5.64. The summed E-state index contributed by atoms with van der Waals surface area (Å²) in [6.45, 7) is 1.28. The average Bonchev–Trinajstić information content (AvgIpc) is 3.17. The predicted molar refractivity (Wildman–Crippen MR) is 99.8 cm³/mol. The second-order valence-corrected chi connectivity index (χ2v) is 5.84. The molecule has 6 nitrogen and oxygen atoms in total. The summed E-state index contributed by atoms with van der Waals surface area (Å²) in [6.07, 6.45) is 7.16. The van der Waals surface area contributed by atoms with Gasteiger partial charge in [-0.05, 0) is 29.3 Å². The lowest BCUT2D eigenvalue weighted by Gasteiger charge is -2.12. The minimum absolute atomic E-state index is 0.631. The van der Waals surface area contributed by atoms with E-state index in [0.717, 1.165) is 27.9 Å². The number of hydrogen-bond acceptors (Lipinski definition) is 3. The zero-order valence-electron chi connectivity index (χ0n) is 13.9. The number of benzene rings is 1. The summed E-state index contributed by atoms with van der Waals surface area (Å²) >= 11 is 6.00. The van der Waals surface area contributed by atoms with Crippen molar-refractivity contribution in [2.45, 2.75) is 13.1 Å². The van der Waals surface area contributed by atoms with Gasteiger partial charge in [0.25, 0.3) is 0 Å². The minimum Gasteiger partial charge on any atom is -0.352 e. The van der Waals surface area contributed by atoms with Gasteiger partial charge < -0.3 is 10.6 Å². The van der Waals surface area contributed by atoms with Crippen LogP contribution in [0.4, 0.5) is 0 Å². The fourth-order valence-electron chi connectivity index (χ4n) is 2.31. The van der Waals surface area contributed by atoms with Crippen LogP contribution in [0.5, 0.6) is 0 Å². The molecule has 0 aliphatic rings. The van der Waals surface area contributed by atoms with Gasteiger partial charge in [-0.2, -0.15) is 0 Å². The van der Waals surface area contributed by atoms with Crippen LogP contribution in [0.1, 0.15) is 11.1 Å². The highest BCUT2D eigenvalue weighted by molar-refractivity contribution is 6.30. The summed E-state index contributed by atoms with van der Waals surface area (Å²) in [5.74, 6) is 1.56. The van der Waals surface area contributed by atoms with E-state index in [4.69, 9.17) is 11.6 Å². The number of aliphatic imine (C=N–C) groups is 1. The van der Waals surface area contributed by atoms with Crippen molar-refractivity contribution in [1.29, 1.82) is 0 Å². The summed E-state index contributed by atoms with van der Waals surface area (Å²) in [5.41, 5.74) is 2.16. The van der Waals surface area contributed by atoms with E-state index in [1.807, 2.05) is 53.4 Å². The third-order valence-electron chi connectivity index (χ3n) is 3.61. The first-order valence-electron chi connectivity index (χ1n) is 7.87. The van der Waals surface area contributed by atoms with Gasteiger partial charge in [-0.25, -0.2) is 9.97 Å². The third kappa shape index (κ3) is 4.81. The number of rotatable bonds is 5. The van der Waals surface area contributed by atoms with Crippen molar-refractivity contribution in [3.8, 4) is 5.82 Å². The van der Waals surface area contributed by atoms with Crippen LogP contribution in [0.3, 0.4) is 0 Å². The number of hydrogen-bond donors (Lipinski definition) is 2. The van der Waals surface area contributed by atoms with Crippen LogP contribution in [-0.2, 0) is 13.1 Å². The molecule has 0 amide bonds. The standard InChI is InChI=1S/C18H19ClN6/c1-20-18(23-10-14-3-2-4-16(19)9-14)24-12-15-5-6-17(22-11-15)25-8-7-21-13-25/h2-9,11,13H,10,12H2,1H3,(H2,20,23,24). The van der Waals surface area contributed by atoms with Crippen LogP contribution >= 0.6 is 11.6 Å². The van der Waals surface area contributed by atoms with E-state index < -0.39 is 0 Å². The fraction of sp³-hybridized carbons (Fsp3) is 0.167. The molecule has 2 heterocycles. The third-order valence-corrected chi connectivity index (χ3v) is 3.85. The molecule has 0 saturated carbocycles. The van der Waals surface area contributed by atoms with Crippen molar-refractivity contribution in [3.63, 3.8) is 0 Å². The Balaban J connectivity index is 1.52. The molecule has 3 rings (SSSR count). The Hall–Kier alpha value is -2.86. The fourth-order valence-corrected chi connectivity index (χ4v) is 2.52. The zero-order chi connectivity index (χ0) is 17.5. The normalized spacial score (nSPS) is 11.4. The number of imidazole rings is 1. The molecular formula is C18H19ClN6. The van der Waals surface area contributed by atoms with Crippen molar-refractivity contribution in [3.05, 3.63) is 77.5 Å². The van der Waals surface area contributed by atoms with Crippen LogP contribution in [-0.4, -0.2) is 27.5 Å². The quantitative estimate of drug-likeness (QED) is 0.546. The van der Waals surface area contributed by atoms with Gasteiger partial charge >= 0.3 is 0 Å². The Morgan fingerprint density at radius 3 is 2.64 bits per heavy atom. The van der Waals surface area contributed by atoms with Crippen molar-refractivity contribution < 1.29 is 0 Å². The van der Waals surface area contributed by atoms with Crippen LogP contribution < -0.4 is 10.6 Å². The molecule has 0 unspecified atom stereocenters. The molecule has 0 aliphatic carbocycles. The van der Waals surface area contributed by atoms with E-state index in [0.29, 0.717) is 13.1 Å². The van der Waals surface area contributed by atoms with E-state index in [2.05, 4.69) is 25.6 Å². The SMILES string of the molecule is CN=C(NCc1ccc(-n2ccnc2)nc1)NCc1cccc(Cl)c1. The molecule has 0 saturated heterocycles. The van der Waals surface area contributed by atoms with Gasteiger partial charge in [-0.1, -0.05) is 29.8 Å². The first-order valence-corrected chi connectivity index (χ1v) is 8.24. The van der Waals surface area contributed by atoms with E-state index in [-0.39, 0.29) is 0 Å². The van der Waals surface area contributed by atoms with Gasteiger partial charge in [-0.3, -0.25) is 9.56 Å². The van der Waals surface area contributed by atoms with Crippen LogP contribution in [0, 0.1) is 0 Å². The lowest BCUT2D eigenvalue weighted by molar-refractivity contribution is 0.805. The highest BCUT2D eigenvalue weighted by Gasteiger charge is 2.01. The lowest BCUT2D eigenvalue weighted by Crippen LogP contribution is -2.36. The number of aromatic nitrogens is 3. The first kappa shape index (κ1) is 17.0. The largest absolute Gasteiger partial charge is 0.352 e. The summed E-state index contributed by atoms with van der Waals surface area (Å²) in [6, 6.07) is 11.7. The molecule has 0 aliphatic heterocycles. The summed E-state index contributed by atoms with van der Waals surface area (Å²) in [4.78, 5) is 12.7. The molecule has 2 aromatic heterocycles. The van der Waals surface area contributed by atoms with E-state index in [1.165, 1.54) is 0 Å². The second kappa shape index (κ2) is 8.30. The molecule has 2 N–H and O–H groups in total. The second-order valence-electron chi connectivity index (χ2n) is 5.40. The zero-order valence-corrected chi connectivity index (χ0v) is 14.6. The molecule has 0 bridgehead atoms. The number of nitrogens with zero attached hydrogens (tertiary/aromatic N) is 4. The molecule has 0 atom stereocenters. The van der Waals surface area contributed by atoms with E-state index in [1.54, 1.807) is 19.6 Å². The molecule has 1 aromatic carbocycles. The molecule has 0 fully saturated rings. The monoisotopic (exact) mass is 354 g/mol. The van der Waals surface area contributed by atoms with Gasteiger partial charge in [0.1, 0.15) is 12.1 Å². The Labute approximate surface area is 151 Å². The lowest BCUT2D eigenvalue weighted by atomic mass is 10.2. The van der Waals surface area contributed by atoms with Gasteiger partial charge in [-0.15, -0.1) is 0 Å². The molecule has 0 spiro atoms. The molecule has 3 aromatic rings. The van der Waals surface area contributed by atoms with Crippen LogP contribution in [0.15, 0.2) is 66.3 Å². The number of nitrogens with one attached hydrogen (secondary N) is 2. The summed E-state index contributed by atoms with van der Waals surface area (Å²) in [7, 11) is 1.74. The number of halogens is 1. The van der Waals surface area contributed by atoms with Gasteiger partial charge in [0.2, 0.25) is 0 Å². The van der Waals surface area contributed by atoms with Crippen LogP contribution in [0.2, 0.25) is 5.02 Å². The maximum absolute atomic E-state index is 6.00. The van der Waals surface area contributed by atoms with Crippen molar-refractivity contribution >= 4 is 17.6 Å². The predicted octanol–water partition coefficient (Wildman–Crippen LogP) is 2.79. The summed E-state index contributed by atoms with van der Waals surface area (Å²) in [5, 5.41) is 7.26. The molecule has 25 heavy (non-hydrogen) atoms. The van der Waals surface area contributed by atoms with Crippen molar-refractivity contribution in [2.24, 2.45) is 4.99 Å². The maximum Gasteiger partial charge on any atom is 0.191 e. The molecule has 128 valence electrons. The number of guanidine groups is 1.